The predicted octanol–water partition coefficient (Wildman–Crippen LogP) is 2.07. The Balaban J connectivity index is 2.57. The van der Waals surface area contributed by atoms with E-state index in [0.717, 1.165) is 6.42 Å². The van der Waals surface area contributed by atoms with Crippen LogP contribution in [0, 0.1) is 5.92 Å². The lowest BCUT2D eigenvalue weighted by atomic mass is 10.0. The van der Waals surface area contributed by atoms with Crippen molar-refractivity contribution >= 4 is 0 Å². The number of hydrogen-bond acceptors (Lipinski definition) is 1. The van der Waals surface area contributed by atoms with Crippen molar-refractivity contribution in [3.63, 3.8) is 0 Å². The highest BCUT2D eigenvalue weighted by atomic mass is 16.3. The minimum atomic E-state index is 0.229. The zero-order valence-electron chi connectivity index (χ0n) is 7.77. The number of rotatable bonds is 4. The molecule has 0 aliphatic heterocycles. The molecule has 12 heavy (non-hydrogen) atoms. The second kappa shape index (κ2) is 4.31. The van der Waals surface area contributed by atoms with Crippen LogP contribution in [0.1, 0.15) is 26.3 Å². The molecule has 1 rings (SSSR count). The van der Waals surface area contributed by atoms with E-state index < -0.39 is 0 Å². The fourth-order valence-electron chi connectivity index (χ4n) is 1.43. The van der Waals surface area contributed by atoms with Crippen molar-refractivity contribution in [2.24, 2.45) is 5.92 Å². The van der Waals surface area contributed by atoms with Crippen molar-refractivity contribution in [2.45, 2.75) is 26.3 Å². The summed E-state index contributed by atoms with van der Waals surface area (Å²) in [6.07, 6.45) is 5.04. The van der Waals surface area contributed by atoms with Crippen LogP contribution >= 0.6 is 0 Å². The Labute approximate surface area is 73.8 Å². The van der Waals surface area contributed by atoms with E-state index in [0.29, 0.717) is 5.92 Å². The fraction of sp³-hybridized carbons (Fsp3) is 0.600. The van der Waals surface area contributed by atoms with Crippen LogP contribution in [0.4, 0.5) is 0 Å². The topological polar surface area (TPSA) is 25.2 Å². The minimum absolute atomic E-state index is 0.229. The highest BCUT2D eigenvalue weighted by Crippen LogP contribution is 2.16. The Morgan fingerprint density at radius 1 is 1.25 bits per heavy atom. The Morgan fingerprint density at radius 3 is 2.25 bits per heavy atom. The summed E-state index contributed by atoms with van der Waals surface area (Å²) in [5.74, 6) is 0.629. The quantitative estimate of drug-likeness (QED) is 0.729. The molecule has 1 aromatic heterocycles. The van der Waals surface area contributed by atoms with Crippen LogP contribution < -0.4 is 0 Å². The first-order chi connectivity index (χ1) is 5.74. The molecule has 0 fully saturated rings. The summed E-state index contributed by atoms with van der Waals surface area (Å²) in [6.45, 7) is 4.57. The van der Waals surface area contributed by atoms with Crippen molar-refractivity contribution in [3.05, 3.63) is 24.5 Å². The summed E-state index contributed by atoms with van der Waals surface area (Å²) in [4.78, 5) is 0. The van der Waals surface area contributed by atoms with Gasteiger partial charge < -0.3 is 9.67 Å². The summed E-state index contributed by atoms with van der Waals surface area (Å²) in [7, 11) is 0. The van der Waals surface area contributed by atoms with Crippen molar-refractivity contribution in [2.75, 3.05) is 6.61 Å². The molecular formula is C10H17NO. The van der Waals surface area contributed by atoms with Gasteiger partial charge >= 0.3 is 0 Å². The Bertz CT molecular complexity index is 204. The second-order valence-electron chi connectivity index (χ2n) is 3.60. The third kappa shape index (κ3) is 2.38. The van der Waals surface area contributed by atoms with Gasteiger partial charge in [0.2, 0.25) is 0 Å². The maximum Gasteiger partial charge on any atom is 0.0638 e. The van der Waals surface area contributed by atoms with E-state index in [1.165, 1.54) is 0 Å². The monoisotopic (exact) mass is 167 g/mol. The lowest BCUT2D eigenvalue weighted by molar-refractivity contribution is 0.208. The summed E-state index contributed by atoms with van der Waals surface area (Å²) >= 11 is 0. The van der Waals surface area contributed by atoms with Crippen LogP contribution in [0.25, 0.3) is 0 Å². The maximum absolute atomic E-state index is 9.13. The molecular weight excluding hydrogens is 150 g/mol. The number of aromatic nitrogens is 1. The molecule has 2 nitrogen and oxygen atoms in total. The van der Waals surface area contributed by atoms with Crippen LogP contribution in [0.2, 0.25) is 0 Å². The van der Waals surface area contributed by atoms with E-state index in [9.17, 15) is 0 Å². The molecule has 1 atom stereocenters. The lowest BCUT2D eigenvalue weighted by Crippen LogP contribution is -2.13. The van der Waals surface area contributed by atoms with Gasteiger partial charge in [-0.2, -0.15) is 0 Å². The maximum atomic E-state index is 9.13. The molecule has 1 heterocycles. The van der Waals surface area contributed by atoms with Crippen molar-refractivity contribution < 1.29 is 5.11 Å². The fourth-order valence-corrected chi connectivity index (χ4v) is 1.43. The van der Waals surface area contributed by atoms with Crippen LogP contribution in [-0.4, -0.2) is 16.3 Å². The summed E-state index contributed by atoms with van der Waals surface area (Å²) < 4.78 is 2.07. The third-order valence-electron chi connectivity index (χ3n) is 2.00. The smallest absolute Gasteiger partial charge is 0.0638 e. The minimum Gasteiger partial charge on any atom is -0.394 e. The van der Waals surface area contributed by atoms with E-state index >= 15 is 0 Å². The van der Waals surface area contributed by atoms with Crippen molar-refractivity contribution in [1.29, 1.82) is 0 Å². The molecule has 0 amide bonds. The van der Waals surface area contributed by atoms with Gasteiger partial charge in [-0.1, -0.05) is 13.8 Å². The zero-order chi connectivity index (χ0) is 8.97. The van der Waals surface area contributed by atoms with Crippen LogP contribution in [-0.2, 0) is 0 Å². The van der Waals surface area contributed by atoms with E-state index in [-0.39, 0.29) is 12.6 Å². The highest BCUT2D eigenvalue weighted by Gasteiger charge is 2.09. The molecule has 0 radical (unpaired) electrons. The van der Waals surface area contributed by atoms with Crippen molar-refractivity contribution in [3.8, 4) is 0 Å². The van der Waals surface area contributed by atoms with Gasteiger partial charge in [0.25, 0.3) is 0 Å². The number of hydrogen-bond donors (Lipinski definition) is 1. The van der Waals surface area contributed by atoms with E-state index in [2.05, 4.69) is 18.4 Å². The Morgan fingerprint density at radius 2 is 1.83 bits per heavy atom. The SMILES string of the molecule is CC(C)CC(CO)n1cccc1. The van der Waals surface area contributed by atoms with Gasteiger partial charge in [-0.3, -0.25) is 0 Å². The van der Waals surface area contributed by atoms with Crippen molar-refractivity contribution in [1.82, 2.24) is 4.57 Å². The molecule has 0 spiro atoms. The highest BCUT2D eigenvalue weighted by molar-refractivity contribution is 4.93. The lowest BCUT2D eigenvalue weighted by Gasteiger charge is -2.18. The third-order valence-corrected chi connectivity index (χ3v) is 2.00. The first-order valence-electron chi connectivity index (χ1n) is 4.47. The standard InChI is InChI=1S/C10H17NO/c1-9(2)7-10(8-12)11-5-3-4-6-11/h3-6,9-10,12H,7-8H2,1-2H3. The summed E-state index contributed by atoms with van der Waals surface area (Å²) in [5, 5.41) is 9.13. The van der Waals surface area contributed by atoms with Gasteiger partial charge in [0, 0.05) is 12.4 Å². The number of nitrogens with zero attached hydrogens (tertiary/aromatic N) is 1. The number of aliphatic hydroxyl groups is 1. The molecule has 68 valence electrons. The van der Waals surface area contributed by atoms with Gasteiger partial charge in [-0.15, -0.1) is 0 Å². The van der Waals surface area contributed by atoms with Gasteiger partial charge in [-0.05, 0) is 24.5 Å². The number of aliphatic hydroxyl groups excluding tert-OH is 1. The molecule has 0 aliphatic carbocycles. The normalized spacial score (nSPS) is 13.7. The molecule has 1 N–H and O–H groups in total. The molecule has 2 heteroatoms. The Kier molecular flexibility index (Phi) is 3.35. The van der Waals surface area contributed by atoms with Crippen LogP contribution in [0.15, 0.2) is 24.5 Å². The first kappa shape index (κ1) is 9.33. The van der Waals surface area contributed by atoms with E-state index in [1.807, 2.05) is 24.5 Å². The summed E-state index contributed by atoms with van der Waals surface area (Å²) in [6, 6.07) is 4.23. The largest absolute Gasteiger partial charge is 0.394 e. The molecule has 0 aliphatic rings. The molecule has 0 aromatic carbocycles. The predicted molar refractivity (Wildman–Crippen MR) is 50.0 cm³/mol. The zero-order valence-corrected chi connectivity index (χ0v) is 7.77. The van der Waals surface area contributed by atoms with Gasteiger partial charge in [0.15, 0.2) is 0 Å². The molecule has 0 saturated carbocycles. The first-order valence-corrected chi connectivity index (χ1v) is 4.47. The molecule has 0 saturated heterocycles. The van der Waals surface area contributed by atoms with E-state index in [4.69, 9.17) is 5.11 Å². The Hall–Kier alpha value is -0.760. The molecule has 1 aromatic rings. The molecule has 1 unspecified atom stereocenters. The van der Waals surface area contributed by atoms with E-state index in [1.54, 1.807) is 0 Å². The summed E-state index contributed by atoms with van der Waals surface area (Å²) in [5.41, 5.74) is 0. The average Bonchev–Trinajstić information content (AvgIpc) is 2.51. The average molecular weight is 167 g/mol. The van der Waals surface area contributed by atoms with Crippen LogP contribution in [0.3, 0.4) is 0 Å². The van der Waals surface area contributed by atoms with Gasteiger partial charge in [0.05, 0.1) is 12.6 Å². The van der Waals surface area contributed by atoms with Crippen LogP contribution in [0.5, 0.6) is 0 Å². The second-order valence-corrected chi connectivity index (χ2v) is 3.60. The van der Waals surface area contributed by atoms with Gasteiger partial charge in [0.1, 0.15) is 0 Å². The van der Waals surface area contributed by atoms with Gasteiger partial charge in [-0.25, -0.2) is 0 Å². The molecule has 0 bridgehead atoms.